The van der Waals surface area contributed by atoms with E-state index in [1.165, 1.54) is 0 Å². The van der Waals surface area contributed by atoms with Crippen LogP contribution in [0.3, 0.4) is 0 Å². The van der Waals surface area contributed by atoms with Crippen molar-refractivity contribution in [2.24, 2.45) is 0 Å². The minimum atomic E-state index is -3.46. The maximum Gasteiger partial charge on any atom is 0.243 e. The predicted molar refractivity (Wildman–Crippen MR) is 117 cm³/mol. The van der Waals surface area contributed by atoms with Crippen molar-refractivity contribution in [1.29, 1.82) is 0 Å². The first kappa shape index (κ1) is 21.3. The van der Waals surface area contributed by atoms with E-state index in [1.807, 2.05) is 31.2 Å². The van der Waals surface area contributed by atoms with Crippen molar-refractivity contribution in [2.75, 3.05) is 30.3 Å². The molecule has 6 nitrogen and oxygen atoms in total. The van der Waals surface area contributed by atoms with E-state index >= 15 is 0 Å². The average molecular weight is 416 g/mol. The molecule has 0 aliphatic carbocycles. The summed E-state index contributed by atoms with van der Waals surface area (Å²) in [6, 6.07) is 14.3. The molecule has 3 rings (SSSR count). The van der Waals surface area contributed by atoms with Gasteiger partial charge in [0, 0.05) is 24.5 Å². The van der Waals surface area contributed by atoms with Gasteiger partial charge < -0.3 is 10.6 Å². The fraction of sp³-hybridized carbons (Fsp3) is 0.409. The maximum absolute atomic E-state index is 12.8. The molecule has 0 aromatic heterocycles. The zero-order valence-corrected chi connectivity index (χ0v) is 17.7. The summed E-state index contributed by atoms with van der Waals surface area (Å²) in [4.78, 5) is 12.5. The molecule has 1 saturated heterocycles. The highest BCUT2D eigenvalue weighted by atomic mass is 32.2. The van der Waals surface area contributed by atoms with E-state index in [9.17, 15) is 13.2 Å². The van der Waals surface area contributed by atoms with Crippen molar-refractivity contribution in [3.05, 3.63) is 54.1 Å². The molecule has 1 aliphatic heterocycles. The molecule has 2 N–H and O–H groups in total. The van der Waals surface area contributed by atoms with Gasteiger partial charge in [-0.3, -0.25) is 4.79 Å². The third kappa shape index (κ3) is 5.58. The summed E-state index contributed by atoms with van der Waals surface area (Å²) in [5.74, 6) is -0.146. The Morgan fingerprint density at radius 2 is 1.62 bits per heavy atom. The van der Waals surface area contributed by atoms with Gasteiger partial charge in [-0.2, -0.15) is 4.31 Å². The van der Waals surface area contributed by atoms with E-state index in [2.05, 4.69) is 10.6 Å². The number of hydrogen-bond donors (Lipinski definition) is 2. The van der Waals surface area contributed by atoms with Gasteiger partial charge in [0.1, 0.15) is 0 Å². The molecule has 1 amide bonds. The van der Waals surface area contributed by atoms with Crippen LogP contribution in [0.4, 0.5) is 11.4 Å². The van der Waals surface area contributed by atoms with Gasteiger partial charge >= 0.3 is 0 Å². The first-order valence-electron chi connectivity index (χ1n) is 10.2. The summed E-state index contributed by atoms with van der Waals surface area (Å²) in [5, 5.41) is 5.96. The Labute approximate surface area is 173 Å². The van der Waals surface area contributed by atoms with Crippen molar-refractivity contribution < 1.29 is 13.2 Å². The summed E-state index contributed by atoms with van der Waals surface area (Å²) in [6.07, 6.45) is 4.83. The fourth-order valence-electron chi connectivity index (χ4n) is 3.50. The van der Waals surface area contributed by atoms with E-state index in [1.54, 1.807) is 28.6 Å². The van der Waals surface area contributed by atoms with Crippen LogP contribution in [-0.4, -0.2) is 38.3 Å². The van der Waals surface area contributed by atoms with Crippen molar-refractivity contribution in [3.63, 3.8) is 0 Å². The summed E-state index contributed by atoms with van der Waals surface area (Å²) in [6.45, 7) is 3.32. The number of amides is 1. The SMILES string of the molecule is CCc1ccccc1NC(=O)CNc1ccc(S(=O)(=O)N2CCCCCC2)cc1. The van der Waals surface area contributed by atoms with Crippen molar-refractivity contribution in [3.8, 4) is 0 Å². The van der Waals surface area contributed by atoms with Gasteiger partial charge in [-0.1, -0.05) is 38.0 Å². The highest BCUT2D eigenvalue weighted by Gasteiger charge is 2.24. The monoisotopic (exact) mass is 415 g/mol. The van der Waals surface area contributed by atoms with Crippen LogP contribution in [0, 0.1) is 0 Å². The molecule has 2 aromatic rings. The topological polar surface area (TPSA) is 78.5 Å². The predicted octanol–water partition coefficient (Wildman–Crippen LogP) is 3.86. The molecule has 0 spiro atoms. The Morgan fingerprint density at radius 1 is 0.966 bits per heavy atom. The van der Waals surface area contributed by atoms with Gasteiger partial charge in [-0.25, -0.2) is 8.42 Å². The van der Waals surface area contributed by atoms with Gasteiger partial charge in [0.25, 0.3) is 0 Å². The quantitative estimate of drug-likeness (QED) is 0.720. The molecule has 29 heavy (non-hydrogen) atoms. The molecule has 0 radical (unpaired) electrons. The number of anilines is 2. The number of benzene rings is 2. The molecule has 1 heterocycles. The zero-order chi connectivity index (χ0) is 20.7. The highest BCUT2D eigenvalue weighted by Crippen LogP contribution is 2.22. The number of carbonyl (C=O) groups excluding carboxylic acids is 1. The standard InChI is InChI=1S/C22H29N3O3S/c1-2-18-9-5-6-10-21(18)24-22(26)17-23-19-11-13-20(14-12-19)29(27,28)25-15-7-3-4-8-16-25/h5-6,9-14,23H,2-4,7-8,15-17H2,1H3,(H,24,26). The minimum Gasteiger partial charge on any atom is -0.376 e. The van der Waals surface area contributed by atoms with Crippen LogP contribution in [0.1, 0.15) is 38.2 Å². The minimum absolute atomic E-state index is 0.107. The number of sulfonamides is 1. The van der Waals surface area contributed by atoms with Gasteiger partial charge in [0.15, 0.2) is 0 Å². The van der Waals surface area contributed by atoms with Crippen molar-refractivity contribution in [2.45, 2.75) is 43.9 Å². The molecule has 0 saturated carbocycles. The molecule has 7 heteroatoms. The van der Waals surface area contributed by atoms with Gasteiger partial charge in [0.2, 0.25) is 15.9 Å². The molecule has 2 aromatic carbocycles. The summed E-state index contributed by atoms with van der Waals surface area (Å²) < 4.78 is 27.2. The molecule has 0 atom stereocenters. The molecular formula is C22H29N3O3S. The lowest BCUT2D eigenvalue weighted by Gasteiger charge is -2.20. The second kappa shape index (κ2) is 9.89. The Morgan fingerprint density at radius 3 is 2.28 bits per heavy atom. The third-order valence-corrected chi connectivity index (χ3v) is 7.10. The van der Waals surface area contributed by atoms with Crippen LogP contribution in [-0.2, 0) is 21.2 Å². The van der Waals surface area contributed by atoms with E-state index in [-0.39, 0.29) is 12.5 Å². The zero-order valence-electron chi connectivity index (χ0n) is 16.9. The van der Waals surface area contributed by atoms with Crippen LogP contribution in [0.5, 0.6) is 0 Å². The molecule has 156 valence electrons. The normalized spacial score (nSPS) is 15.5. The number of carbonyl (C=O) groups is 1. The van der Waals surface area contributed by atoms with Crippen LogP contribution in [0.2, 0.25) is 0 Å². The number of nitrogens with one attached hydrogen (secondary N) is 2. The van der Waals surface area contributed by atoms with Crippen LogP contribution in [0.15, 0.2) is 53.4 Å². The van der Waals surface area contributed by atoms with Crippen LogP contribution in [0.25, 0.3) is 0 Å². The summed E-state index contributed by atoms with van der Waals surface area (Å²) in [7, 11) is -3.46. The number of hydrogen-bond acceptors (Lipinski definition) is 4. The molecule has 0 bridgehead atoms. The van der Waals surface area contributed by atoms with Crippen molar-refractivity contribution in [1.82, 2.24) is 4.31 Å². The lowest BCUT2D eigenvalue weighted by Crippen LogP contribution is -2.31. The Bertz CT molecular complexity index is 919. The first-order chi connectivity index (χ1) is 14.0. The second-order valence-corrected chi connectivity index (χ2v) is 9.19. The summed E-state index contributed by atoms with van der Waals surface area (Å²) >= 11 is 0. The highest BCUT2D eigenvalue weighted by molar-refractivity contribution is 7.89. The number of rotatable bonds is 7. The smallest absolute Gasteiger partial charge is 0.243 e. The summed E-state index contributed by atoms with van der Waals surface area (Å²) in [5.41, 5.74) is 2.61. The molecule has 1 fully saturated rings. The molecular weight excluding hydrogens is 386 g/mol. The van der Waals surface area contributed by atoms with Crippen molar-refractivity contribution >= 4 is 27.3 Å². The number of nitrogens with zero attached hydrogens (tertiary/aromatic N) is 1. The average Bonchev–Trinajstić information content (AvgIpc) is 3.03. The molecule has 1 aliphatic rings. The van der Waals surface area contributed by atoms with E-state index in [0.717, 1.165) is 43.4 Å². The van der Waals surface area contributed by atoms with Gasteiger partial charge in [-0.15, -0.1) is 0 Å². The van der Waals surface area contributed by atoms with E-state index in [4.69, 9.17) is 0 Å². The third-order valence-electron chi connectivity index (χ3n) is 5.18. The Hall–Kier alpha value is -2.38. The fourth-order valence-corrected chi connectivity index (χ4v) is 5.02. The lowest BCUT2D eigenvalue weighted by atomic mass is 10.1. The van der Waals surface area contributed by atoms with Gasteiger partial charge in [-0.05, 0) is 55.2 Å². The second-order valence-electron chi connectivity index (χ2n) is 7.26. The van der Waals surface area contributed by atoms with Crippen LogP contribution < -0.4 is 10.6 Å². The Kier molecular flexibility index (Phi) is 7.28. The van der Waals surface area contributed by atoms with Gasteiger partial charge in [0.05, 0.1) is 11.4 Å². The van der Waals surface area contributed by atoms with Crippen LogP contribution >= 0.6 is 0 Å². The maximum atomic E-state index is 12.8. The first-order valence-corrected chi connectivity index (χ1v) is 11.7. The van der Waals surface area contributed by atoms with E-state index in [0.29, 0.717) is 23.7 Å². The number of para-hydroxylation sites is 1. The lowest BCUT2D eigenvalue weighted by molar-refractivity contribution is -0.114. The Balaban J connectivity index is 1.58. The number of aryl methyl sites for hydroxylation is 1. The largest absolute Gasteiger partial charge is 0.376 e. The van der Waals surface area contributed by atoms with E-state index < -0.39 is 10.0 Å². The molecule has 0 unspecified atom stereocenters.